The van der Waals surface area contributed by atoms with E-state index in [1.54, 1.807) is 7.11 Å². The fraction of sp³-hybridized carbons (Fsp3) is 0.571. The first kappa shape index (κ1) is 24.6. The van der Waals surface area contributed by atoms with Gasteiger partial charge in [-0.05, 0) is 97.9 Å². The quantitative estimate of drug-likeness (QED) is 0.387. The summed E-state index contributed by atoms with van der Waals surface area (Å²) < 4.78 is 48.8. The van der Waals surface area contributed by atoms with E-state index in [0.717, 1.165) is 25.5 Å². The molecule has 0 unspecified atom stereocenters. The molecule has 0 atom stereocenters. The average molecular weight is 479 g/mol. The van der Waals surface area contributed by atoms with Crippen molar-refractivity contribution in [2.24, 2.45) is 11.8 Å². The van der Waals surface area contributed by atoms with E-state index in [1.807, 2.05) is 0 Å². The molecule has 1 nitrogen and oxygen atoms in total. The topological polar surface area (TPSA) is 9.23 Å². The summed E-state index contributed by atoms with van der Waals surface area (Å²) in [5.41, 5.74) is 2.98. The zero-order valence-corrected chi connectivity index (χ0v) is 20.1. The normalized spacial score (nSPS) is 26.3. The molecule has 4 rings (SSSR count). The number of ether oxygens (including phenoxy) is 1. The van der Waals surface area contributed by atoms with Crippen LogP contribution < -0.4 is 0 Å². The van der Waals surface area contributed by atoms with Crippen LogP contribution in [0.1, 0.15) is 79.9 Å². The molecular weight excluding hydrogens is 445 g/mol. The third-order valence-corrected chi connectivity index (χ3v) is 8.18. The lowest BCUT2D eigenvalue weighted by atomic mass is 9.74. The van der Waals surface area contributed by atoms with E-state index in [-0.39, 0.29) is 5.02 Å². The minimum Gasteiger partial charge on any atom is -0.384 e. The van der Waals surface area contributed by atoms with Crippen molar-refractivity contribution in [3.05, 3.63) is 70.0 Å². The lowest BCUT2D eigenvalue weighted by Gasteiger charge is -2.34. The van der Waals surface area contributed by atoms with Gasteiger partial charge < -0.3 is 4.74 Å². The van der Waals surface area contributed by atoms with Crippen molar-refractivity contribution in [2.45, 2.75) is 75.5 Å². The number of hydrogen-bond donors (Lipinski definition) is 0. The van der Waals surface area contributed by atoms with Crippen LogP contribution >= 0.6 is 11.6 Å². The van der Waals surface area contributed by atoms with Crippen LogP contribution in [0.15, 0.2) is 42.5 Å². The van der Waals surface area contributed by atoms with E-state index in [1.165, 1.54) is 48.9 Å². The van der Waals surface area contributed by atoms with Gasteiger partial charge in [-0.2, -0.15) is 0 Å². The molecule has 2 aliphatic carbocycles. The van der Waals surface area contributed by atoms with E-state index >= 15 is 0 Å². The van der Waals surface area contributed by atoms with Crippen molar-refractivity contribution in [2.75, 3.05) is 13.7 Å². The van der Waals surface area contributed by atoms with Crippen molar-refractivity contribution >= 4 is 11.6 Å². The Bertz CT molecular complexity index is 898. The molecule has 0 N–H and O–H groups in total. The molecule has 0 heterocycles. The van der Waals surface area contributed by atoms with E-state index in [0.29, 0.717) is 36.2 Å². The Balaban J connectivity index is 1.30. The summed E-state index contributed by atoms with van der Waals surface area (Å²) in [6, 6.07) is 12.9. The summed E-state index contributed by atoms with van der Waals surface area (Å²) in [6.45, 7) is 0.865. The molecule has 0 bridgehead atoms. The van der Waals surface area contributed by atoms with E-state index < -0.39 is 24.1 Å². The minimum atomic E-state index is -2.84. The molecule has 2 saturated carbocycles. The molecule has 2 aliphatic rings. The van der Waals surface area contributed by atoms with Crippen LogP contribution in [-0.4, -0.2) is 19.6 Å². The Morgan fingerprint density at radius 1 is 0.848 bits per heavy atom. The summed E-state index contributed by atoms with van der Waals surface area (Å²) in [5, 5.41) is -0.0348. The van der Waals surface area contributed by atoms with Gasteiger partial charge in [-0.25, -0.2) is 13.2 Å². The zero-order chi connectivity index (χ0) is 23.4. The van der Waals surface area contributed by atoms with Crippen LogP contribution in [0.3, 0.4) is 0 Å². The Kier molecular flexibility index (Phi) is 8.07. The minimum absolute atomic E-state index is 0.0348. The highest BCUT2D eigenvalue weighted by Crippen LogP contribution is 2.44. The number of halogens is 4. The maximum absolute atomic E-state index is 14.9. The molecule has 0 spiro atoms. The molecule has 0 saturated heterocycles. The van der Waals surface area contributed by atoms with Gasteiger partial charge in [-0.3, -0.25) is 0 Å². The molecule has 33 heavy (non-hydrogen) atoms. The van der Waals surface area contributed by atoms with Crippen molar-refractivity contribution in [3.8, 4) is 0 Å². The van der Waals surface area contributed by atoms with Crippen molar-refractivity contribution in [3.63, 3.8) is 0 Å². The maximum atomic E-state index is 14.9. The molecule has 0 amide bonds. The first-order valence-electron chi connectivity index (χ1n) is 12.3. The molecule has 2 aromatic carbocycles. The molecule has 5 heteroatoms. The predicted octanol–water partition coefficient (Wildman–Crippen LogP) is 8.55. The van der Waals surface area contributed by atoms with Gasteiger partial charge in [0.15, 0.2) is 0 Å². The summed E-state index contributed by atoms with van der Waals surface area (Å²) in [4.78, 5) is 0. The molecule has 0 radical (unpaired) electrons. The summed E-state index contributed by atoms with van der Waals surface area (Å²) in [5.74, 6) is -2.47. The van der Waals surface area contributed by atoms with Crippen LogP contribution in [0.25, 0.3) is 0 Å². The Morgan fingerprint density at radius 2 is 1.39 bits per heavy atom. The zero-order valence-electron chi connectivity index (χ0n) is 19.3. The fourth-order valence-electron chi connectivity index (χ4n) is 5.85. The molecule has 2 fully saturated rings. The van der Waals surface area contributed by atoms with Crippen molar-refractivity contribution in [1.29, 1.82) is 0 Å². The first-order valence-corrected chi connectivity index (χ1v) is 12.6. The van der Waals surface area contributed by atoms with E-state index in [9.17, 15) is 13.2 Å². The Morgan fingerprint density at radius 3 is 1.91 bits per heavy atom. The van der Waals surface area contributed by atoms with Crippen LogP contribution in [0.5, 0.6) is 0 Å². The van der Waals surface area contributed by atoms with Crippen LogP contribution in [0, 0.1) is 17.7 Å². The third kappa shape index (κ3) is 6.14. The van der Waals surface area contributed by atoms with E-state index in [2.05, 4.69) is 24.3 Å². The number of alkyl halides is 2. The molecule has 0 aliphatic heterocycles. The molecule has 2 aromatic rings. The number of benzene rings is 2. The van der Waals surface area contributed by atoms with Gasteiger partial charge in [0.2, 0.25) is 0 Å². The maximum Gasteiger partial charge on any atom is 0.254 e. The highest BCUT2D eigenvalue weighted by molar-refractivity contribution is 6.30. The number of rotatable bonds is 7. The smallest absolute Gasteiger partial charge is 0.254 e. The monoisotopic (exact) mass is 478 g/mol. The first-order chi connectivity index (χ1) is 15.9. The molecule has 180 valence electrons. The highest BCUT2D eigenvalue weighted by atomic mass is 35.5. The lowest BCUT2D eigenvalue weighted by molar-refractivity contribution is -0.0715. The highest BCUT2D eigenvalue weighted by Gasteiger charge is 2.41. The second-order valence-corrected chi connectivity index (χ2v) is 10.5. The summed E-state index contributed by atoms with van der Waals surface area (Å²) in [6.07, 6.45) is 6.99. The Hall–Kier alpha value is -1.52. The Labute approximate surface area is 200 Å². The standard InChI is InChI=1S/C28H34ClF3O/c1-33-18-19-2-5-21(6-3-19)22-7-9-23(10-8-22)24-11-13-25(14-12-24)28(31,32)17-20-4-15-26(29)27(30)16-20/h4,7-10,15-16,19,21,24-25H,2-3,5-6,11-14,17-18H2,1H3. The van der Waals surface area contributed by atoms with Gasteiger partial charge in [0.25, 0.3) is 5.92 Å². The SMILES string of the molecule is COCC1CCC(c2ccc(C3CCC(C(F)(F)Cc4ccc(Cl)c(F)c4)CC3)cc2)CC1. The van der Waals surface area contributed by atoms with Gasteiger partial charge in [0, 0.05) is 26.1 Å². The second-order valence-electron chi connectivity index (χ2n) is 10.1. The average Bonchev–Trinajstić information content (AvgIpc) is 2.82. The van der Waals surface area contributed by atoms with Crippen LogP contribution in [0.4, 0.5) is 13.2 Å². The van der Waals surface area contributed by atoms with Gasteiger partial charge in [0.1, 0.15) is 5.82 Å². The largest absolute Gasteiger partial charge is 0.384 e. The number of methoxy groups -OCH3 is 1. The third-order valence-electron chi connectivity index (χ3n) is 7.88. The summed E-state index contributed by atoms with van der Waals surface area (Å²) >= 11 is 5.68. The van der Waals surface area contributed by atoms with Gasteiger partial charge in [-0.1, -0.05) is 41.9 Å². The van der Waals surface area contributed by atoms with Crippen molar-refractivity contribution in [1.82, 2.24) is 0 Å². The fourth-order valence-corrected chi connectivity index (χ4v) is 5.97. The van der Waals surface area contributed by atoms with Crippen LogP contribution in [-0.2, 0) is 11.2 Å². The molecule has 0 aromatic heterocycles. The predicted molar refractivity (Wildman–Crippen MR) is 128 cm³/mol. The van der Waals surface area contributed by atoms with Crippen molar-refractivity contribution < 1.29 is 17.9 Å². The van der Waals surface area contributed by atoms with Gasteiger partial charge >= 0.3 is 0 Å². The van der Waals surface area contributed by atoms with Crippen LogP contribution in [0.2, 0.25) is 5.02 Å². The lowest BCUT2D eigenvalue weighted by Crippen LogP contribution is -2.33. The van der Waals surface area contributed by atoms with Gasteiger partial charge in [0.05, 0.1) is 5.02 Å². The molecular formula is C28H34ClF3O. The summed E-state index contributed by atoms with van der Waals surface area (Å²) in [7, 11) is 1.78. The van der Waals surface area contributed by atoms with Gasteiger partial charge in [-0.15, -0.1) is 0 Å². The number of hydrogen-bond acceptors (Lipinski definition) is 1. The second kappa shape index (κ2) is 10.8. The van der Waals surface area contributed by atoms with E-state index in [4.69, 9.17) is 16.3 Å².